The Bertz CT molecular complexity index is 213. The largest absolute Gasteiger partial charge is 0.381 e. The molecule has 0 amide bonds. The number of halogens is 1. The Hall–Kier alpha value is -0.480. The van der Waals surface area contributed by atoms with Crippen molar-refractivity contribution in [2.24, 2.45) is 16.8 Å². The second-order valence-corrected chi connectivity index (χ2v) is 4.16. The fourth-order valence-electron chi connectivity index (χ4n) is 1.89. The monoisotopic (exact) mass is 248 g/mol. The molecule has 5 nitrogen and oxygen atoms in total. The molecule has 1 rings (SSSR count). The maximum atomic E-state index is 8.06. The van der Waals surface area contributed by atoms with E-state index >= 15 is 0 Å². The van der Waals surface area contributed by atoms with Crippen LogP contribution in [0.5, 0.6) is 0 Å². The van der Waals surface area contributed by atoms with Gasteiger partial charge in [0.25, 0.3) is 0 Å². The van der Waals surface area contributed by atoms with Gasteiger partial charge in [0, 0.05) is 30.7 Å². The molecular weight excluding hydrogens is 228 g/mol. The Morgan fingerprint density at radius 2 is 2.00 bits per heavy atom. The predicted octanol–water partition coefficient (Wildman–Crippen LogP) is 2.64. The van der Waals surface area contributed by atoms with Gasteiger partial charge in [-0.25, -0.2) is 0 Å². The first-order valence-electron chi connectivity index (χ1n) is 5.67. The zero-order valence-corrected chi connectivity index (χ0v) is 10.4. The van der Waals surface area contributed by atoms with Gasteiger partial charge in [-0.1, -0.05) is 5.11 Å². The summed E-state index contributed by atoms with van der Waals surface area (Å²) in [4.78, 5) is 2.69. The lowest BCUT2D eigenvalue weighted by Crippen LogP contribution is -2.28. The van der Waals surface area contributed by atoms with Crippen molar-refractivity contribution in [3.63, 3.8) is 0 Å². The highest BCUT2D eigenvalue weighted by Crippen LogP contribution is 2.23. The van der Waals surface area contributed by atoms with Crippen LogP contribution in [-0.2, 0) is 4.74 Å². The number of azide groups is 1. The van der Waals surface area contributed by atoms with Crippen molar-refractivity contribution in [1.29, 1.82) is 0 Å². The molecular formula is C10H21ClN4O. The molecule has 0 aromatic rings. The van der Waals surface area contributed by atoms with Crippen molar-refractivity contribution >= 4 is 12.4 Å². The maximum Gasteiger partial charge on any atom is 0.0494 e. The fourth-order valence-corrected chi connectivity index (χ4v) is 1.89. The Morgan fingerprint density at radius 1 is 1.31 bits per heavy atom. The van der Waals surface area contributed by atoms with Crippen LogP contribution in [0.3, 0.4) is 0 Å². The molecule has 0 heterocycles. The number of hydrogen-bond donors (Lipinski definition) is 1. The van der Waals surface area contributed by atoms with Crippen LogP contribution in [0.15, 0.2) is 5.11 Å². The summed E-state index contributed by atoms with van der Waals surface area (Å²) >= 11 is 0. The smallest absolute Gasteiger partial charge is 0.0494 e. The van der Waals surface area contributed by atoms with E-state index in [1.807, 2.05) is 0 Å². The van der Waals surface area contributed by atoms with E-state index in [0.717, 1.165) is 25.9 Å². The quantitative estimate of drug-likeness (QED) is 0.339. The molecule has 0 saturated heterocycles. The van der Waals surface area contributed by atoms with E-state index in [-0.39, 0.29) is 12.4 Å². The van der Waals surface area contributed by atoms with E-state index in [2.05, 4.69) is 10.0 Å². The van der Waals surface area contributed by atoms with E-state index < -0.39 is 0 Å². The molecule has 94 valence electrons. The summed E-state index contributed by atoms with van der Waals surface area (Å²) in [6.07, 6.45) is 5.46. The lowest BCUT2D eigenvalue weighted by molar-refractivity contribution is 0.0824. The topological polar surface area (TPSA) is 84.0 Å². The standard InChI is InChI=1S/C10H20N4O.ClH/c11-10-4-2-9(3-5-10)8-15-7-1-6-13-14-12;/h9-10H,1-8,11H2;1H/t9-,10-;. The summed E-state index contributed by atoms with van der Waals surface area (Å²) in [7, 11) is 0. The van der Waals surface area contributed by atoms with Gasteiger partial charge in [-0.15, -0.1) is 12.4 Å². The van der Waals surface area contributed by atoms with Crippen molar-refractivity contribution in [3.8, 4) is 0 Å². The molecule has 1 saturated carbocycles. The number of rotatable bonds is 6. The first-order chi connectivity index (χ1) is 7.33. The number of hydrogen-bond acceptors (Lipinski definition) is 3. The molecule has 0 spiro atoms. The van der Waals surface area contributed by atoms with Crippen LogP contribution in [0, 0.1) is 5.92 Å². The van der Waals surface area contributed by atoms with Gasteiger partial charge in [0.2, 0.25) is 0 Å². The van der Waals surface area contributed by atoms with Crippen LogP contribution < -0.4 is 5.73 Å². The minimum absolute atomic E-state index is 0. The van der Waals surface area contributed by atoms with E-state index in [4.69, 9.17) is 16.0 Å². The second-order valence-electron chi connectivity index (χ2n) is 4.16. The van der Waals surface area contributed by atoms with Gasteiger partial charge in [-0.2, -0.15) is 0 Å². The van der Waals surface area contributed by atoms with Gasteiger partial charge in [-0.3, -0.25) is 0 Å². The third-order valence-electron chi connectivity index (χ3n) is 2.85. The predicted molar refractivity (Wildman–Crippen MR) is 66.6 cm³/mol. The van der Waals surface area contributed by atoms with Gasteiger partial charge in [-0.05, 0) is 43.6 Å². The third kappa shape index (κ3) is 6.90. The molecule has 0 aliphatic heterocycles. The highest BCUT2D eigenvalue weighted by molar-refractivity contribution is 5.85. The Labute approximate surface area is 103 Å². The summed E-state index contributed by atoms with van der Waals surface area (Å²) in [5.74, 6) is 0.685. The lowest BCUT2D eigenvalue weighted by atomic mass is 9.87. The van der Waals surface area contributed by atoms with Crippen LogP contribution >= 0.6 is 12.4 Å². The summed E-state index contributed by atoms with van der Waals surface area (Å²) in [6, 6.07) is 0.409. The normalized spacial score (nSPS) is 24.3. The van der Waals surface area contributed by atoms with Gasteiger partial charge < -0.3 is 10.5 Å². The SMILES string of the molecule is Cl.[N-]=[N+]=NCCCOC[C@H]1CC[C@H](N)CC1. The van der Waals surface area contributed by atoms with Gasteiger partial charge in [0.15, 0.2) is 0 Å². The average molecular weight is 249 g/mol. The van der Waals surface area contributed by atoms with Crippen molar-refractivity contribution in [2.75, 3.05) is 19.8 Å². The number of nitrogens with two attached hydrogens (primary N) is 1. The molecule has 0 atom stereocenters. The van der Waals surface area contributed by atoms with Crippen LogP contribution in [0.25, 0.3) is 10.4 Å². The first-order valence-corrected chi connectivity index (χ1v) is 5.67. The fraction of sp³-hybridized carbons (Fsp3) is 1.00. The zero-order chi connectivity index (χ0) is 10.9. The van der Waals surface area contributed by atoms with Crippen LogP contribution in [0.1, 0.15) is 32.1 Å². The number of ether oxygens (including phenoxy) is 1. The Balaban J connectivity index is 0.00000225. The summed E-state index contributed by atoms with van der Waals surface area (Å²) < 4.78 is 5.53. The van der Waals surface area contributed by atoms with Gasteiger partial charge >= 0.3 is 0 Å². The van der Waals surface area contributed by atoms with E-state index in [1.54, 1.807) is 0 Å². The van der Waals surface area contributed by atoms with Crippen molar-refractivity contribution in [3.05, 3.63) is 10.4 Å². The highest BCUT2D eigenvalue weighted by Gasteiger charge is 2.18. The van der Waals surface area contributed by atoms with Crippen LogP contribution in [0.4, 0.5) is 0 Å². The summed E-state index contributed by atoms with van der Waals surface area (Å²) in [5.41, 5.74) is 13.9. The first kappa shape index (κ1) is 15.5. The Kier molecular flexibility index (Phi) is 9.43. The molecule has 0 aromatic carbocycles. The van der Waals surface area contributed by atoms with E-state index in [1.165, 1.54) is 12.8 Å². The molecule has 0 aromatic heterocycles. The van der Waals surface area contributed by atoms with E-state index in [9.17, 15) is 0 Å². The van der Waals surface area contributed by atoms with Crippen molar-refractivity contribution < 1.29 is 4.74 Å². The van der Waals surface area contributed by atoms with Crippen molar-refractivity contribution in [1.82, 2.24) is 0 Å². The molecule has 1 aliphatic rings. The molecule has 1 aliphatic carbocycles. The minimum Gasteiger partial charge on any atom is -0.381 e. The van der Waals surface area contributed by atoms with Crippen LogP contribution in [0.2, 0.25) is 0 Å². The van der Waals surface area contributed by atoms with Crippen molar-refractivity contribution in [2.45, 2.75) is 38.1 Å². The van der Waals surface area contributed by atoms with Gasteiger partial charge in [0.05, 0.1) is 0 Å². The molecule has 6 heteroatoms. The molecule has 0 radical (unpaired) electrons. The maximum absolute atomic E-state index is 8.06. The molecule has 1 fully saturated rings. The number of nitrogens with zero attached hydrogens (tertiary/aromatic N) is 3. The molecule has 0 unspecified atom stereocenters. The average Bonchev–Trinajstić information content (AvgIpc) is 2.26. The molecule has 0 bridgehead atoms. The van der Waals surface area contributed by atoms with Gasteiger partial charge in [0.1, 0.15) is 0 Å². The summed E-state index contributed by atoms with van der Waals surface area (Å²) in [6.45, 7) is 2.07. The van der Waals surface area contributed by atoms with E-state index in [0.29, 0.717) is 25.1 Å². The summed E-state index contributed by atoms with van der Waals surface area (Å²) in [5, 5.41) is 3.45. The Morgan fingerprint density at radius 3 is 2.62 bits per heavy atom. The highest BCUT2D eigenvalue weighted by atomic mass is 35.5. The second kappa shape index (κ2) is 9.73. The zero-order valence-electron chi connectivity index (χ0n) is 9.55. The lowest BCUT2D eigenvalue weighted by Gasteiger charge is -2.25. The third-order valence-corrected chi connectivity index (χ3v) is 2.85. The molecule has 16 heavy (non-hydrogen) atoms. The van der Waals surface area contributed by atoms with Crippen LogP contribution in [-0.4, -0.2) is 25.8 Å². The molecule has 2 N–H and O–H groups in total. The minimum atomic E-state index is 0.